The number of carbonyl (C=O) groups is 2. The summed E-state index contributed by atoms with van der Waals surface area (Å²) in [5.74, 6) is 3.60. The number of piperazine rings is 1. The minimum Gasteiger partial charge on any atom is -0.475 e. The van der Waals surface area contributed by atoms with Crippen LogP contribution < -0.4 is 21.1 Å². The summed E-state index contributed by atoms with van der Waals surface area (Å²) in [5.41, 5.74) is -0.602. The van der Waals surface area contributed by atoms with Gasteiger partial charge in [0.25, 0.3) is 5.56 Å². The zero-order valence-corrected chi connectivity index (χ0v) is 20.5. The minimum atomic E-state index is -5.08. The zero-order chi connectivity index (χ0) is 27.3. The lowest BCUT2D eigenvalue weighted by molar-refractivity contribution is -0.192. The van der Waals surface area contributed by atoms with Gasteiger partial charge in [-0.2, -0.15) is 23.1 Å². The van der Waals surface area contributed by atoms with Gasteiger partial charge in [0.05, 0.1) is 13.7 Å². The van der Waals surface area contributed by atoms with Gasteiger partial charge in [-0.25, -0.2) is 9.59 Å². The Balaban J connectivity index is 0.000000572. The lowest BCUT2D eigenvalue weighted by Crippen LogP contribution is -2.44. The molecule has 0 atom stereocenters. The van der Waals surface area contributed by atoms with E-state index in [0.717, 1.165) is 26.2 Å². The first-order chi connectivity index (χ1) is 16.7. The van der Waals surface area contributed by atoms with Crippen LogP contribution in [-0.2, 0) is 27.9 Å². The van der Waals surface area contributed by atoms with Gasteiger partial charge in [0.15, 0.2) is 11.2 Å². The Hall–Kier alpha value is -3.80. The van der Waals surface area contributed by atoms with E-state index in [-0.39, 0.29) is 11.5 Å². The van der Waals surface area contributed by atoms with E-state index in [1.54, 1.807) is 27.8 Å². The summed E-state index contributed by atoms with van der Waals surface area (Å²) in [5, 5.41) is 13.4. The molecule has 3 rings (SSSR count). The highest BCUT2D eigenvalue weighted by molar-refractivity contribution is 5.83. The SMILES string of the molecule is CC#CCn1c(N2CCNCC2)nc2nc(NC(C)(C)C(=O)OC)n(C)c(=O)c21.O=C(O)C(F)(F)F. The van der Waals surface area contributed by atoms with Crippen molar-refractivity contribution in [3.63, 3.8) is 0 Å². The highest BCUT2D eigenvalue weighted by Gasteiger charge is 2.38. The zero-order valence-electron chi connectivity index (χ0n) is 20.5. The number of hydrogen-bond donors (Lipinski definition) is 3. The molecular weight excluding hydrogens is 487 g/mol. The highest BCUT2D eigenvalue weighted by Crippen LogP contribution is 2.22. The van der Waals surface area contributed by atoms with Crippen molar-refractivity contribution in [3.8, 4) is 11.8 Å². The quantitative estimate of drug-likeness (QED) is 0.382. The second-order valence-corrected chi connectivity index (χ2v) is 8.18. The third-order valence-electron chi connectivity index (χ3n) is 5.14. The highest BCUT2D eigenvalue weighted by atomic mass is 19.4. The molecule has 1 saturated heterocycles. The normalized spacial score (nSPS) is 13.8. The van der Waals surface area contributed by atoms with Gasteiger partial charge >= 0.3 is 18.1 Å². The molecule has 1 fully saturated rings. The lowest BCUT2D eigenvalue weighted by Gasteiger charge is -2.28. The Morgan fingerprint density at radius 1 is 1.22 bits per heavy atom. The predicted molar refractivity (Wildman–Crippen MR) is 125 cm³/mol. The largest absolute Gasteiger partial charge is 0.490 e. The van der Waals surface area contributed by atoms with Crippen LogP contribution in [0, 0.1) is 11.8 Å². The van der Waals surface area contributed by atoms with Gasteiger partial charge in [0.1, 0.15) is 5.54 Å². The molecule has 0 unspecified atom stereocenters. The first-order valence-corrected chi connectivity index (χ1v) is 10.7. The molecule has 12 nitrogen and oxygen atoms in total. The molecule has 15 heteroatoms. The Morgan fingerprint density at radius 3 is 2.31 bits per heavy atom. The van der Waals surface area contributed by atoms with Crippen LogP contribution in [0.2, 0.25) is 0 Å². The van der Waals surface area contributed by atoms with Crippen molar-refractivity contribution < 1.29 is 32.6 Å². The van der Waals surface area contributed by atoms with Crippen LogP contribution in [0.1, 0.15) is 20.8 Å². The minimum absolute atomic E-state index is 0.246. The summed E-state index contributed by atoms with van der Waals surface area (Å²) in [6.07, 6.45) is -5.08. The number of alkyl halides is 3. The fourth-order valence-electron chi connectivity index (χ4n) is 3.26. The number of carbonyl (C=O) groups excluding carboxylic acids is 1. The number of nitrogens with one attached hydrogen (secondary N) is 2. The van der Waals surface area contributed by atoms with E-state index in [0.29, 0.717) is 23.7 Å². The number of esters is 1. The van der Waals surface area contributed by atoms with Crippen LogP contribution in [0.25, 0.3) is 11.2 Å². The summed E-state index contributed by atoms with van der Waals surface area (Å²) in [6, 6.07) is 0. The van der Waals surface area contributed by atoms with Gasteiger partial charge in [-0.3, -0.25) is 13.9 Å². The van der Waals surface area contributed by atoms with Crippen molar-refractivity contribution in [1.29, 1.82) is 0 Å². The molecule has 0 spiro atoms. The van der Waals surface area contributed by atoms with Crippen LogP contribution in [0.5, 0.6) is 0 Å². The smallest absolute Gasteiger partial charge is 0.475 e. The summed E-state index contributed by atoms with van der Waals surface area (Å²) in [6.45, 7) is 8.68. The van der Waals surface area contributed by atoms with Crippen LogP contribution in [-0.4, -0.2) is 81.2 Å². The first kappa shape index (κ1) is 28.4. The first-order valence-electron chi connectivity index (χ1n) is 10.7. The lowest BCUT2D eigenvalue weighted by atomic mass is 10.1. The van der Waals surface area contributed by atoms with Crippen molar-refractivity contribution >= 4 is 35.0 Å². The summed E-state index contributed by atoms with van der Waals surface area (Å²) < 4.78 is 39.8. The number of methoxy groups -OCH3 is 1. The van der Waals surface area contributed by atoms with Crippen LogP contribution >= 0.6 is 0 Å². The van der Waals surface area contributed by atoms with Crippen LogP contribution in [0.4, 0.5) is 25.1 Å². The number of anilines is 2. The van der Waals surface area contributed by atoms with Crippen molar-refractivity contribution in [1.82, 2.24) is 24.4 Å². The van der Waals surface area contributed by atoms with Gasteiger partial charge < -0.3 is 25.4 Å². The van der Waals surface area contributed by atoms with E-state index in [9.17, 15) is 22.8 Å². The number of ether oxygens (including phenoxy) is 1. The fourth-order valence-corrected chi connectivity index (χ4v) is 3.26. The molecule has 198 valence electrons. The monoisotopic (exact) mass is 515 g/mol. The van der Waals surface area contributed by atoms with Crippen molar-refractivity contribution in [2.75, 3.05) is 43.5 Å². The van der Waals surface area contributed by atoms with Crippen LogP contribution in [0.15, 0.2) is 4.79 Å². The second kappa shape index (κ2) is 11.3. The maximum atomic E-state index is 13.2. The molecule has 0 bridgehead atoms. The number of imidazole rings is 1. The second-order valence-electron chi connectivity index (χ2n) is 8.18. The van der Waals surface area contributed by atoms with Crippen molar-refractivity contribution in [2.24, 2.45) is 7.05 Å². The molecule has 3 heterocycles. The van der Waals surface area contributed by atoms with E-state index in [1.165, 1.54) is 11.7 Å². The van der Waals surface area contributed by atoms with E-state index in [2.05, 4.69) is 37.3 Å². The van der Waals surface area contributed by atoms with E-state index in [4.69, 9.17) is 14.6 Å². The number of nitrogens with zero attached hydrogens (tertiary/aromatic N) is 5. The molecule has 0 radical (unpaired) electrons. The Kier molecular flexibility index (Phi) is 8.92. The maximum absolute atomic E-state index is 13.2. The molecule has 0 amide bonds. The molecule has 36 heavy (non-hydrogen) atoms. The molecule has 0 aromatic carbocycles. The number of aromatic nitrogens is 4. The van der Waals surface area contributed by atoms with Gasteiger partial charge in [0.2, 0.25) is 11.9 Å². The number of carboxylic acid groups (broad SMARTS) is 1. The average molecular weight is 515 g/mol. The maximum Gasteiger partial charge on any atom is 0.490 e. The summed E-state index contributed by atoms with van der Waals surface area (Å²) in [4.78, 5) is 45.4. The van der Waals surface area contributed by atoms with E-state index < -0.39 is 23.7 Å². The fraction of sp³-hybridized carbons (Fsp3) is 0.571. The van der Waals surface area contributed by atoms with Gasteiger partial charge in [-0.1, -0.05) is 5.92 Å². The Labute approximate surface area is 204 Å². The topological polar surface area (TPSA) is 144 Å². The molecule has 0 saturated carbocycles. The van der Waals surface area contributed by atoms with E-state index in [1.807, 2.05) is 4.57 Å². The van der Waals surface area contributed by atoms with Crippen molar-refractivity contribution in [2.45, 2.75) is 39.0 Å². The number of fused-ring (bicyclic) bond motifs is 1. The van der Waals surface area contributed by atoms with Crippen LogP contribution in [0.3, 0.4) is 0 Å². The molecule has 3 N–H and O–H groups in total. The number of rotatable bonds is 5. The number of hydrogen-bond acceptors (Lipinski definition) is 9. The van der Waals surface area contributed by atoms with Gasteiger partial charge in [0, 0.05) is 33.2 Å². The Bertz CT molecular complexity index is 1230. The van der Waals surface area contributed by atoms with Gasteiger partial charge in [-0.05, 0) is 20.8 Å². The molecule has 2 aromatic heterocycles. The van der Waals surface area contributed by atoms with Crippen molar-refractivity contribution in [3.05, 3.63) is 10.4 Å². The van der Waals surface area contributed by atoms with E-state index >= 15 is 0 Å². The molecule has 1 aliphatic heterocycles. The molecule has 2 aromatic rings. The molecule has 1 aliphatic rings. The summed E-state index contributed by atoms with van der Waals surface area (Å²) in [7, 11) is 2.93. The summed E-state index contributed by atoms with van der Waals surface area (Å²) >= 11 is 0. The third-order valence-corrected chi connectivity index (χ3v) is 5.14. The Morgan fingerprint density at radius 2 is 1.81 bits per heavy atom. The number of carboxylic acids is 1. The molecular formula is C21H28F3N7O5. The number of aliphatic carboxylic acids is 1. The predicted octanol–water partition coefficient (Wildman–Crippen LogP) is 0.560. The third kappa shape index (κ3) is 6.45. The number of halogens is 3. The van der Waals surface area contributed by atoms with Gasteiger partial charge in [-0.15, -0.1) is 5.92 Å². The molecule has 0 aliphatic carbocycles. The average Bonchev–Trinajstić information content (AvgIpc) is 3.18. The standard InChI is InChI=1S/C19H27N7O3.C2HF3O2/c1-6-7-10-26-13-14(22-18(26)25-11-8-20-9-12-25)21-17(24(4)15(13)27)23-19(2,3)16(28)29-5;3-2(4,5)1(6)7/h20H,8-12H2,1-5H3,(H,21,23);(H,6,7).